The number of rotatable bonds is 2. The van der Waals surface area contributed by atoms with E-state index in [0.717, 1.165) is 0 Å². The van der Waals surface area contributed by atoms with Gasteiger partial charge >= 0.3 is 0 Å². The van der Waals surface area contributed by atoms with E-state index in [2.05, 4.69) is 27.7 Å². The fourth-order valence-corrected chi connectivity index (χ4v) is 0.770. The van der Waals surface area contributed by atoms with Crippen LogP contribution in [0.5, 0.6) is 0 Å². The lowest BCUT2D eigenvalue weighted by Crippen LogP contribution is -2.31. The van der Waals surface area contributed by atoms with Gasteiger partial charge < -0.3 is 5.73 Å². The second-order valence-electron chi connectivity index (χ2n) is 3.07. The van der Waals surface area contributed by atoms with Gasteiger partial charge in [0.05, 0.1) is 0 Å². The van der Waals surface area contributed by atoms with Crippen LogP contribution in [0.1, 0.15) is 41.5 Å². The molecule has 0 aromatic rings. The van der Waals surface area contributed by atoms with E-state index in [1.807, 2.05) is 13.8 Å². The maximum Gasteiger partial charge on any atom is 0.00851 e. The summed E-state index contributed by atoms with van der Waals surface area (Å²) in [5.41, 5.74) is 5.76. The SMILES string of the molecule is CC.CC(C)C(N)C(C)C. The Hall–Kier alpha value is -0.0400. The van der Waals surface area contributed by atoms with Crippen molar-refractivity contribution < 1.29 is 0 Å². The summed E-state index contributed by atoms with van der Waals surface area (Å²) in [7, 11) is 0. The highest BCUT2D eigenvalue weighted by atomic mass is 14.6. The third-order valence-electron chi connectivity index (χ3n) is 1.54. The Labute approximate surface area is 66.0 Å². The van der Waals surface area contributed by atoms with E-state index in [-0.39, 0.29) is 0 Å². The predicted octanol–water partition coefficient (Wildman–Crippen LogP) is 2.65. The maximum atomic E-state index is 5.76. The number of hydrogen-bond acceptors (Lipinski definition) is 1. The first kappa shape index (κ1) is 12.6. The molecule has 1 nitrogen and oxygen atoms in total. The zero-order chi connectivity index (χ0) is 8.73. The van der Waals surface area contributed by atoms with Crippen LogP contribution in [0.3, 0.4) is 0 Å². The summed E-state index contributed by atoms with van der Waals surface area (Å²) in [4.78, 5) is 0. The van der Waals surface area contributed by atoms with Gasteiger partial charge in [-0.1, -0.05) is 41.5 Å². The molecule has 0 aliphatic carbocycles. The van der Waals surface area contributed by atoms with Crippen LogP contribution in [0.15, 0.2) is 0 Å². The molecule has 0 bridgehead atoms. The summed E-state index contributed by atoms with van der Waals surface area (Å²) >= 11 is 0. The first-order valence-corrected chi connectivity index (χ1v) is 4.31. The minimum absolute atomic E-state index is 0.370. The largest absolute Gasteiger partial charge is 0.327 e. The normalized spacial score (nSPS) is 10.2. The first-order chi connectivity index (χ1) is 4.55. The van der Waals surface area contributed by atoms with Crippen LogP contribution >= 0.6 is 0 Å². The second-order valence-corrected chi connectivity index (χ2v) is 3.07. The standard InChI is InChI=1S/C7H17N.C2H6/c1-5(2)7(8)6(3)4;1-2/h5-7H,8H2,1-4H3;1-2H3. The Bertz CT molecular complexity index is 49.7. The molecule has 0 aromatic carbocycles. The van der Waals surface area contributed by atoms with Crippen LogP contribution in [0.2, 0.25) is 0 Å². The summed E-state index contributed by atoms with van der Waals surface area (Å²) in [5.74, 6) is 1.24. The van der Waals surface area contributed by atoms with E-state index in [4.69, 9.17) is 5.73 Å². The Morgan fingerprint density at radius 1 is 0.800 bits per heavy atom. The van der Waals surface area contributed by atoms with Crippen molar-refractivity contribution in [3.63, 3.8) is 0 Å². The van der Waals surface area contributed by atoms with Gasteiger partial charge in [0.2, 0.25) is 0 Å². The predicted molar refractivity (Wildman–Crippen MR) is 49.0 cm³/mol. The molecule has 0 saturated carbocycles. The van der Waals surface area contributed by atoms with E-state index in [9.17, 15) is 0 Å². The molecule has 10 heavy (non-hydrogen) atoms. The van der Waals surface area contributed by atoms with Crippen LogP contribution < -0.4 is 5.73 Å². The van der Waals surface area contributed by atoms with Gasteiger partial charge in [-0.2, -0.15) is 0 Å². The Balaban J connectivity index is 0. The van der Waals surface area contributed by atoms with Crippen LogP contribution in [0.25, 0.3) is 0 Å². The van der Waals surface area contributed by atoms with E-state index in [0.29, 0.717) is 17.9 Å². The van der Waals surface area contributed by atoms with E-state index < -0.39 is 0 Å². The minimum Gasteiger partial charge on any atom is -0.327 e. The Morgan fingerprint density at radius 3 is 1.00 bits per heavy atom. The summed E-state index contributed by atoms with van der Waals surface area (Å²) in [6.45, 7) is 12.6. The first-order valence-electron chi connectivity index (χ1n) is 4.31. The fourth-order valence-electron chi connectivity index (χ4n) is 0.770. The van der Waals surface area contributed by atoms with Crippen LogP contribution in [0, 0.1) is 11.8 Å². The molecule has 0 saturated heterocycles. The topological polar surface area (TPSA) is 26.0 Å². The van der Waals surface area contributed by atoms with Crippen LogP contribution in [-0.4, -0.2) is 6.04 Å². The number of hydrogen-bond donors (Lipinski definition) is 1. The highest BCUT2D eigenvalue weighted by molar-refractivity contribution is 4.67. The smallest absolute Gasteiger partial charge is 0.00851 e. The third kappa shape index (κ3) is 6.09. The van der Waals surface area contributed by atoms with Crippen molar-refractivity contribution in [2.45, 2.75) is 47.6 Å². The lowest BCUT2D eigenvalue weighted by Gasteiger charge is -2.18. The molecule has 0 heterocycles. The van der Waals surface area contributed by atoms with Crippen LogP contribution in [0.4, 0.5) is 0 Å². The summed E-state index contributed by atoms with van der Waals surface area (Å²) in [6.07, 6.45) is 0. The molecule has 1 heteroatoms. The molecule has 0 aliphatic heterocycles. The molecule has 0 atom stereocenters. The van der Waals surface area contributed by atoms with E-state index in [1.165, 1.54) is 0 Å². The summed E-state index contributed by atoms with van der Waals surface area (Å²) in [5, 5.41) is 0. The van der Waals surface area contributed by atoms with Crippen molar-refractivity contribution in [2.24, 2.45) is 17.6 Å². The van der Waals surface area contributed by atoms with Gasteiger partial charge in [-0.3, -0.25) is 0 Å². The van der Waals surface area contributed by atoms with Crippen molar-refractivity contribution in [3.8, 4) is 0 Å². The molecule has 0 aliphatic rings. The molecular weight excluding hydrogens is 122 g/mol. The molecule has 0 rings (SSSR count). The zero-order valence-electron chi connectivity index (χ0n) is 8.31. The van der Waals surface area contributed by atoms with Crippen molar-refractivity contribution in [1.82, 2.24) is 0 Å². The summed E-state index contributed by atoms with van der Waals surface area (Å²) in [6, 6.07) is 0.370. The molecule has 0 unspecified atom stereocenters. The molecule has 0 amide bonds. The van der Waals surface area contributed by atoms with Crippen molar-refractivity contribution in [2.75, 3.05) is 0 Å². The molecule has 0 aromatic heterocycles. The average molecular weight is 145 g/mol. The monoisotopic (exact) mass is 145 g/mol. The highest BCUT2D eigenvalue weighted by Crippen LogP contribution is 2.07. The molecular formula is C9H23N. The lowest BCUT2D eigenvalue weighted by atomic mass is 9.95. The van der Waals surface area contributed by atoms with Gasteiger partial charge in [0, 0.05) is 6.04 Å². The van der Waals surface area contributed by atoms with E-state index >= 15 is 0 Å². The highest BCUT2D eigenvalue weighted by Gasteiger charge is 2.10. The van der Waals surface area contributed by atoms with Gasteiger partial charge in [-0.25, -0.2) is 0 Å². The molecule has 64 valence electrons. The van der Waals surface area contributed by atoms with Gasteiger partial charge in [-0.05, 0) is 11.8 Å². The fraction of sp³-hybridized carbons (Fsp3) is 1.00. The van der Waals surface area contributed by atoms with Gasteiger partial charge in [0.1, 0.15) is 0 Å². The lowest BCUT2D eigenvalue weighted by molar-refractivity contribution is 0.386. The summed E-state index contributed by atoms with van der Waals surface area (Å²) < 4.78 is 0. The Morgan fingerprint density at radius 2 is 1.00 bits per heavy atom. The van der Waals surface area contributed by atoms with Crippen molar-refractivity contribution >= 4 is 0 Å². The third-order valence-corrected chi connectivity index (χ3v) is 1.54. The second kappa shape index (κ2) is 7.07. The van der Waals surface area contributed by atoms with E-state index in [1.54, 1.807) is 0 Å². The molecule has 0 spiro atoms. The molecule has 0 fully saturated rings. The van der Waals surface area contributed by atoms with Crippen LogP contribution in [-0.2, 0) is 0 Å². The zero-order valence-corrected chi connectivity index (χ0v) is 8.31. The number of nitrogens with two attached hydrogens (primary N) is 1. The molecule has 2 N–H and O–H groups in total. The van der Waals surface area contributed by atoms with Gasteiger partial charge in [-0.15, -0.1) is 0 Å². The van der Waals surface area contributed by atoms with Crippen molar-refractivity contribution in [3.05, 3.63) is 0 Å². The molecule has 0 radical (unpaired) electrons. The average Bonchev–Trinajstić information content (AvgIpc) is 1.90. The van der Waals surface area contributed by atoms with Gasteiger partial charge in [0.25, 0.3) is 0 Å². The Kier molecular flexibility index (Phi) is 8.92. The quantitative estimate of drug-likeness (QED) is 0.635. The van der Waals surface area contributed by atoms with Crippen molar-refractivity contribution in [1.29, 1.82) is 0 Å². The van der Waals surface area contributed by atoms with Gasteiger partial charge in [0.15, 0.2) is 0 Å². The minimum atomic E-state index is 0.370. The maximum absolute atomic E-state index is 5.76.